The zero-order valence-corrected chi connectivity index (χ0v) is 10.3. The predicted octanol–water partition coefficient (Wildman–Crippen LogP) is 2.51. The summed E-state index contributed by atoms with van der Waals surface area (Å²) in [5.41, 5.74) is 0.296. The first kappa shape index (κ1) is 11.8. The fraction of sp³-hybridized carbons (Fsp3) is 0.909. The Hall–Kier alpha value is -0.240. The van der Waals surface area contributed by atoms with Gasteiger partial charge < -0.3 is 4.90 Å². The summed E-state index contributed by atoms with van der Waals surface area (Å²) in [6.45, 7) is 10.2. The van der Waals surface area contributed by atoms with Crippen molar-refractivity contribution in [3.05, 3.63) is 0 Å². The van der Waals surface area contributed by atoms with Crippen molar-refractivity contribution < 1.29 is 4.79 Å². The van der Waals surface area contributed by atoms with Crippen LogP contribution < -0.4 is 0 Å². The molecule has 0 N–H and O–H groups in total. The number of amides is 1. The van der Waals surface area contributed by atoms with Gasteiger partial charge in [-0.05, 0) is 24.7 Å². The lowest BCUT2D eigenvalue weighted by molar-refractivity contribution is -0.129. The molecule has 1 amide bonds. The molecule has 1 aliphatic heterocycles. The zero-order chi connectivity index (χ0) is 10.9. The molecule has 1 fully saturated rings. The van der Waals surface area contributed by atoms with Gasteiger partial charge in [0.05, 0.1) is 0 Å². The van der Waals surface area contributed by atoms with Gasteiger partial charge in [-0.3, -0.25) is 4.79 Å². The Labute approximate surface area is 91.6 Å². The highest BCUT2D eigenvalue weighted by atomic mass is 35.5. The maximum Gasteiger partial charge on any atom is 0.240 e. The average molecular weight is 218 g/mol. The molecule has 0 aliphatic carbocycles. The van der Waals surface area contributed by atoms with Gasteiger partial charge in [0, 0.05) is 13.1 Å². The van der Waals surface area contributed by atoms with Crippen LogP contribution in [0.4, 0.5) is 0 Å². The second-order valence-electron chi connectivity index (χ2n) is 5.25. The molecular weight excluding hydrogens is 198 g/mol. The van der Waals surface area contributed by atoms with Crippen LogP contribution in [0, 0.1) is 11.3 Å². The summed E-state index contributed by atoms with van der Waals surface area (Å²) < 4.78 is 0. The number of likely N-dealkylation sites (tertiary alicyclic amines) is 1. The highest BCUT2D eigenvalue weighted by molar-refractivity contribution is 6.30. The number of hydrogen-bond acceptors (Lipinski definition) is 1. The lowest BCUT2D eigenvalue weighted by Gasteiger charge is -2.27. The SMILES string of the molecule is CC(Cl)C(=O)N1CCC(C(C)(C)C)C1. The Morgan fingerprint density at radius 2 is 2.07 bits per heavy atom. The van der Waals surface area contributed by atoms with Gasteiger partial charge in [0.2, 0.25) is 5.91 Å². The van der Waals surface area contributed by atoms with E-state index in [1.165, 1.54) is 0 Å². The fourth-order valence-electron chi connectivity index (χ4n) is 1.92. The lowest BCUT2D eigenvalue weighted by Crippen LogP contribution is -2.35. The van der Waals surface area contributed by atoms with E-state index in [4.69, 9.17) is 11.6 Å². The van der Waals surface area contributed by atoms with Crippen LogP contribution in [0.15, 0.2) is 0 Å². The van der Waals surface area contributed by atoms with E-state index >= 15 is 0 Å². The monoisotopic (exact) mass is 217 g/mol. The summed E-state index contributed by atoms with van der Waals surface area (Å²) in [5.74, 6) is 0.695. The standard InChI is InChI=1S/C11H20ClNO/c1-8(12)10(14)13-6-5-9(7-13)11(2,3)4/h8-9H,5-7H2,1-4H3. The van der Waals surface area contributed by atoms with Gasteiger partial charge in [0.15, 0.2) is 0 Å². The van der Waals surface area contributed by atoms with E-state index in [1.54, 1.807) is 6.92 Å². The van der Waals surface area contributed by atoms with Crippen molar-refractivity contribution in [3.63, 3.8) is 0 Å². The summed E-state index contributed by atoms with van der Waals surface area (Å²) in [4.78, 5) is 13.5. The first-order chi connectivity index (χ1) is 6.32. The molecule has 0 aromatic rings. The van der Waals surface area contributed by atoms with Gasteiger partial charge in [-0.2, -0.15) is 0 Å². The maximum absolute atomic E-state index is 11.6. The third kappa shape index (κ3) is 2.63. The highest BCUT2D eigenvalue weighted by Gasteiger charge is 2.34. The molecular formula is C11H20ClNO. The Kier molecular flexibility index (Phi) is 3.46. The summed E-state index contributed by atoms with van der Waals surface area (Å²) in [6.07, 6.45) is 1.11. The molecule has 1 aliphatic rings. The minimum absolute atomic E-state index is 0.0819. The molecule has 82 valence electrons. The van der Waals surface area contributed by atoms with Crippen LogP contribution in [-0.2, 0) is 4.79 Å². The quantitative estimate of drug-likeness (QED) is 0.618. The van der Waals surface area contributed by atoms with Gasteiger partial charge in [0.25, 0.3) is 0 Å². The van der Waals surface area contributed by atoms with Crippen molar-refractivity contribution in [2.75, 3.05) is 13.1 Å². The number of nitrogens with zero attached hydrogens (tertiary/aromatic N) is 1. The third-order valence-electron chi connectivity index (χ3n) is 3.06. The summed E-state index contributed by atoms with van der Waals surface area (Å²) >= 11 is 5.78. The summed E-state index contributed by atoms with van der Waals surface area (Å²) in [6, 6.07) is 0. The maximum atomic E-state index is 11.6. The van der Waals surface area contributed by atoms with Crippen molar-refractivity contribution in [3.8, 4) is 0 Å². The van der Waals surface area contributed by atoms with Crippen molar-refractivity contribution in [1.29, 1.82) is 0 Å². The molecule has 0 radical (unpaired) electrons. The third-order valence-corrected chi connectivity index (χ3v) is 3.25. The molecule has 1 rings (SSSR count). The van der Waals surface area contributed by atoms with Crippen LogP contribution in [0.1, 0.15) is 34.1 Å². The van der Waals surface area contributed by atoms with Crippen LogP contribution in [0.25, 0.3) is 0 Å². The van der Waals surface area contributed by atoms with Crippen molar-refractivity contribution in [2.45, 2.75) is 39.5 Å². The molecule has 0 aromatic heterocycles. The Morgan fingerprint density at radius 3 is 2.43 bits per heavy atom. The van der Waals surface area contributed by atoms with Crippen molar-refractivity contribution >= 4 is 17.5 Å². The van der Waals surface area contributed by atoms with E-state index in [0.717, 1.165) is 19.5 Å². The Bertz CT molecular complexity index is 220. The number of carbonyl (C=O) groups is 1. The van der Waals surface area contributed by atoms with Crippen LogP contribution in [0.5, 0.6) is 0 Å². The average Bonchev–Trinajstić information content (AvgIpc) is 2.49. The van der Waals surface area contributed by atoms with E-state index in [9.17, 15) is 4.79 Å². The number of hydrogen-bond donors (Lipinski definition) is 0. The minimum Gasteiger partial charge on any atom is -0.341 e. The number of alkyl halides is 1. The van der Waals surface area contributed by atoms with E-state index < -0.39 is 0 Å². The molecule has 2 unspecified atom stereocenters. The van der Waals surface area contributed by atoms with Crippen molar-refractivity contribution in [2.24, 2.45) is 11.3 Å². The van der Waals surface area contributed by atoms with Crippen LogP contribution in [-0.4, -0.2) is 29.3 Å². The molecule has 2 atom stereocenters. The first-order valence-corrected chi connectivity index (χ1v) is 5.69. The number of carbonyl (C=O) groups excluding carboxylic acids is 1. The molecule has 3 heteroatoms. The summed E-state index contributed by atoms with van der Waals surface area (Å²) in [7, 11) is 0. The molecule has 0 saturated carbocycles. The second-order valence-corrected chi connectivity index (χ2v) is 5.91. The number of rotatable bonds is 1. The highest BCUT2D eigenvalue weighted by Crippen LogP contribution is 2.33. The van der Waals surface area contributed by atoms with Crippen LogP contribution in [0.2, 0.25) is 0 Å². The molecule has 0 spiro atoms. The Morgan fingerprint density at radius 1 is 1.50 bits per heavy atom. The molecule has 1 saturated heterocycles. The largest absolute Gasteiger partial charge is 0.341 e. The lowest BCUT2D eigenvalue weighted by atomic mass is 9.80. The minimum atomic E-state index is -0.381. The smallest absolute Gasteiger partial charge is 0.240 e. The fourth-order valence-corrected chi connectivity index (χ4v) is 2.06. The van der Waals surface area contributed by atoms with E-state index in [0.29, 0.717) is 11.3 Å². The molecule has 0 bridgehead atoms. The van der Waals surface area contributed by atoms with Gasteiger partial charge in [0.1, 0.15) is 5.38 Å². The van der Waals surface area contributed by atoms with Gasteiger partial charge in [-0.25, -0.2) is 0 Å². The normalized spacial score (nSPS) is 25.2. The second kappa shape index (κ2) is 4.09. The van der Waals surface area contributed by atoms with Gasteiger partial charge >= 0.3 is 0 Å². The van der Waals surface area contributed by atoms with Crippen LogP contribution in [0.3, 0.4) is 0 Å². The molecule has 2 nitrogen and oxygen atoms in total. The van der Waals surface area contributed by atoms with Crippen molar-refractivity contribution in [1.82, 2.24) is 4.90 Å². The van der Waals surface area contributed by atoms with Gasteiger partial charge in [-0.15, -0.1) is 11.6 Å². The predicted molar refractivity (Wildman–Crippen MR) is 59.5 cm³/mol. The molecule has 1 heterocycles. The van der Waals surface area contributed by atoms with E-state index in [2.05, 4.69) is 20.8 Å². The molecule has 14 heavy (non-hydrogen) atoms. The number of halogens is 1. The molecule has 0 aromatic carbocycles. The van der Waals surface area contributed by atoms with E-state index in [-0.39, 0.29) is 11.3 Å². The van der Waals surface area contributed by atoms with E-state index in [1.807, 2.05) is 4.90 Å². The first-order valence-electron chi connectivity index (χ1n) is 5.25. The zero-order valence-electron chi connectivity index (χ0n) is 9.51. The van der Waals surface area contributed by atoms with Crippen LogP contribution >= 0.6 is 11.6 Å². The van der Waals surface area contributed by atoms with Gasteiger partial charge in [-0.1, -0.05) is 20.8 Å². The summed E-state index contributed by atoms with van der Waals surface area (Å²) in [5, 5.41) is -0.381. The Balaban J connectivity index is 2.54. The topological polar surface area (TPSA) is 20.3 Å².